The number of halogens is 1. The predicted molar refractivity (Wildman–Crippen MR) is 60.9 cm³/mol. The van der Waals surface area contributed by atoms with Crippen LogP contribution in [0.3, 0.4) is 0 Å². The molecule has 2 rings (SSSR count). The maximum Gasteiger partial charge on any atom is 0.189 e. The van der Waals surface area contributed by atoms with Gasteiger partial charge in [-0.2, -0.15) is 0 Å². The highest BCUT2D eigenvalue weighted by atomic mass is 32.1. The molecular weight excluding hydrogens is 213 g/mol. The van der Waals surface area contributed by atoms with Gasteiger partial charge >= 0.3 is 0 Å². The molecule has 0 aliphatic carbocycles. The zero-order valence-electron chi connectivity index (χ0n) is 8.12. The molecule has 1 heterocycles. The van der Waals surface area contributed by atoms with E-state index in [4.69, 9.17) is 5.73 Å². The van der Waals surface area contributed by atoms with Gasteiger partial charge in [-0.05, 0) is 24.6 Å². The Labute approximate surface area is 90.8 Å². The molecule has 0 radical (unpaired) electrons. The third-order valence-corrected chi connectivity index (χ3v) is 2.71. The number of nitrogens with one attached hydrogen (secondary N) is 1. The minimum atomic E-state index is -0.271. The van der Waals surface area contributed by atoms with Gasteiger partial charge in [0.05, 0.1) is 6.20 Å². The van der Waals surface area contributed by atoms with Crippen LogP contribution in [-0.4, -0.2) is 4.98 Å². The molecule has 1 aromatic carbocycles. The summed E-state index contributed by atoms with van der Waals surface area (Å²) in [7, 11) is 0. The highest BCUT2D eigenvalue weighted by Gasteiger charge is 2.03. The minimum Gasteiger partial charge on any atom is -0.389 e. The summed E-state index contributed by atoms with van der Waals surface area (Å²) in [4.78, 5) is 4.04. The molecule has 0 aliphatic rings. The number of nitrogen functional groups attached to an aromatic ring is 1. The van der Waals surface area contributed by atoms with E-state index >= 15 is 0 Å². The zero-order valence-corrected chi connectivity index (χ0v) is 8.94. The molecule has 0 saturated heterocycles. The lowest BCUT2D eigenvalue weighted by Gasteiger charge is -2.05. The van der Waals surface area contributed by atoms with E-state index in [-0.39, 0.29) is 5.82 Å². The van der Waals surface area contributed by atoms with Gasteiger partial charge in [0.2, 0.25) is 0 Å². The lowest BCUT2D eigenvalue weighted by Crippen LogP contribution is -1.92. The van der Waals surface area contributed by atoms with Crippen LogP contribution in [-0.2, 0) is 0 Å². The highest BCUT2D eigenvalue weighted by molar-refractivity contribution is 7.19. The quantitative estimate of drug-likeness (QED) is 0.823. The number of benzene rings is 1. The van der Waals surface area contributed by atoms with Crippen LogP contribution in [0.1, 0.15) is 5.56 Å². The van der Waals surface area contributed by atoms with E-state index in [0.29, 0.717) is 15.8 Å². The molecule has 0 saturated carbocycles. The topological polar surface area (TPSA) is 50.9 Å². The largest absolute Gasteiger partial charge is 0.389 e. The average molecular weight is 223 g/mol. The molecule has 3 N–H and O–H groups in total. The lowest BCUT2D eigenvalue weighted by atomic mass is 10.2. The van der Waals surface area contributed by atoms with Crippen molar-refractivity contribution >= 4 is 27.2 Å². The fourth-order valence-electron chi connectivity index (χ4n) is 1.19. The van der Waals surface area contributed by atoms with Crippen molar-refractivity contribution in [2.75, 3.05) is 11.1 Å². The molecule has 15 heavy (non-hydrogen) atoms. The molecular formula is C10H10FN3S. The van der Waals surface area contributed by atoms with Gasteiger partial charge in [-0.15, -0.1) is 0 Å². The summed E-state index contributed by atoms with van der Waals surface area (Å²) in [6.45, 7) is 1.90. The normalized spacial score (nSPS) is 10.3. The number of anilines is 3. The first kappa shape index (κ1) is 9.92. The summed E-state index contributed by atoms with van der Waals surface area (Å²) >= 11 is 1.33. The number of thiazole rings is 1. The molecule has 2 aromatic rings. The first-order chi connectivity index (χ1) is 7.15. The summed E-state index contributed by atoms with van der Waals surface area (Å²) < 4.78 is 13.0. The van der Waals surface area contributed by atoms with Crippen molar-refractivity contribution in [2.24, 2.45) is 0 Å². The maximum atomic E-state index is 13.0. The number of nitrogens with zero attached hydrogens (tertiary/aromatic N) is 1. The molecule has 3 nitrogen and oxygen atoms in total. The summed E-state index contributed by atoms with van der Waals surface area (Å²) in [6.07, 6.45) is 1.57. The van der Waals surface area contributed by atoms with E-state index in [1.807, 2.05) is 6.92 Å². The van der Waals surface area contributed by atoms with Gasteiger partial charge in [-0.1, -0.05) is 17.4 Å². The number of hydrogen-bond acceptors (Lipinski definition) is 4. The van der Waals surface area contributed by atoms with E-state index in [1.54, 1.807) is 12.3 Å². The Hall–Kier alpha value is -1.62. The van der Waals surface area contributed by atoms with Gasteiger partial charge in [0.1, 0.15) is 10.8 Å². The van der Waals surface area contributed by atoms with E-state index in [9.17, 15) is 4.39 Å². The Morgan fingerprint density at radius 3 is 2.93 bits per heavy atom. The minimum absolute atomic E-state index is 0.271. The monoisotopic (exact) mass is 223 g/mol. The van der Waals surface area contributed by atoms with Crippen molar-refractivity contribution in [1.29, 1.82) is 0 Å². The van der Waals surface area contributed by atoms with E-state index in [1.165, 1.54) is 23.5 Å². The molecule has 0 fully saturated rings. The van der Waals surface area contributed by atoms with Crippen LogP contribution in [0.5, 0.6) is 0 Å². The molecule has 0 unspecified atom stereocenters. The van der Waals surface area contributed by atoms with Crippen LogP contribution in [0.4, 0.5) is 20.2 Å². The summed E-state index contributed by atoms with van der Waals surface area (Å²) in [6, 6.07) is 4.58. The van der Waals surface area contributed by atoms with Crippen molar-refractivity contribution in [2.45, 2.75) is 6.92 Å². The van der Waals surface area contributed by atoms with Crippen molar-refractivity contribution in [3.8, 4) is 0 Å². The standard InChI is InChI=1S/C10H10FN3S/c1-6-2-3-7(11)4-8(6)14-10-13-5-9(12)15-10/h2-5H,12H2,1H3,(H,13,14). The van der Waals surface area contributed by atoms with Crippen LogP contribution >= 0.6 is 11.3 Å². The molecule has 0 bridgehead atoms. The molecule has 0 atom stereocenters. The third-order valence-electron chi connectivity index (χ3n) is 1.96. The van der Waals surface area contributed by atoms with Gasteiger partial charge in [0, 0.05) is 5.69 Å². The second-order valence-electron chi connectivity index (χ2n) is 3.15. The van der Waals surface area contributed by atoms with E-state index < -0.39 is 0 Å². The Balaban J connectivity index is 2.27. The van der Waals surface area contributed by atoms with Crippen molar-refractivity contribution in [3.05, 3.63) is 35.8 Å². The average Bonchev–Trinajstić information content (AvgIpc) is 2.58. The number of nitrogens with two attached hydrogens (primary N) is 1. The smallest absolute Gasteiger partial charge is 0.189 e. The predicted octanol–water partition coefficient (Wildman–Crippen LogP) is 2.92. The van der Waals surface area contributed by atoms with E-state index in [2.05, 4.69) is 10.3 Å². The van der Waals surface area contributed by atoms with Crippen molar-refractivity contribution in [1.82, 2.24) is 4.98 Å². The second kappa shape index (κ2) is 3.86. The molecule has 0 amide bonds. The fraction of sp³-hybridized carbons (Fsp3) is 0.100. The summed E-state index contributed by atoms with van der Waals surface area (Å²) in [5, 5.41) is 4.32. The van der Waals surface area contributed by atoms with Crippen LogP contribution < -0.4 is 11.1 Å². The van der Waals surface area contributed by atoms with Crippen molar-refractivity contribution in [3.63, 3.8) is 0 Å². The first-order valence-corrected chi connectivity index (χ1v) is 5.21. The summed E-state index contributed by atoms with van der Waals surface area (Å²) in [5.41, 5.74) is 7.22. The molecule has 0 spiro atoms. The number of aryl methyl sites for hydroxylation is 1. The first-order valence-electron chi connectivity index (χ1n) is 4.39. The Kier molecular flexibility index (Phi) is 2.55. The summed E-state index contributed by atoms with van der Waals surface area (Å²) in [5.74, 6) is -0.271. The van der Waals surface area contributed by atoms with E-state index in [0.717, 1.165) is 5.56 Å². The van der Waals surface area contributed by atoms with Crippen LogP contribution in [0.25, 0.3) is 0 Å². The van der Waals surface area contributed by atoms with Gasteiger partial charge < -0.3 is 11.1 Å². The molecule has 5 heteroatoms. The Morgan fingerprint density at radius 1 is 1.47 bits per heavy atom. The van der Waals surface area contributed by atoms with Gasteiger partial charge in [0.15, 0.2) is 5.13 Å². The molecule has 78 valence electrons. The number of rotatable bonds is 2. The fourth-order valence-corrected chi connectivity index (χ4v) is 1.78. The molecule has 1 aromatic heterocycles. The van der Waals surface area contributed by atoms with Crippen LogP contribution in [0.15, 0.2) is 24.4 Å². The SMILES string of the molecule is Cc1ccc(F)cc1Nc1ncc(N)s1. The van der Waals surface area contributed by atoms with Crippen LogP contribution in [0, 0.1) is 12.7 Å². The number of hydrogen-bond donors (Lipinski definition) is 2. The van der Waals surface area contributed by atoms with Gasteiger partial charge in [-0.3, -0.25) is 0 Å². The highest BCUT2D eigenvalue weighted by Crippen LogP contribution is 2.26. The van der Waals surface area contributed by atoms with Crippen LogP contribution in [0.2, 0.25) is 0 Å². The van der Waals surface area contributed by atoms with Gasteiger partial charge in [-0.25, -0.2) is 9.37 Å². The second-order valence-corrected chi connectivity index (χ2v) is 4.21. The molecule has 0 aliphatic heterocycles. The maximum absolute atomic E-state index is 13.0. The Bertz CT molecular complexity index is 481. The lowest BCUT2D eigenvalue weighted by molar-refractivity contribution is 0.628. The zero-order chi connectivity index (χ0) is 10.8. The van der Waals surface area contributed by atoms with Crippen molar-refractivity contribution < 1.29 is 4.39 Å². The van der Waals surface area contributed by atoms with Gasteiger partial charge in [0.25, 0.3) is 0 Å². The number of aromatic nitrogens is 1. The Morgan fingerprint density at radius 2 is 2.27 bits per heavy atom. The third kappa shape index (κ3) is 2.24.